The Balaban J connectivity index is 1.70. The predicted molar refractivity (Wildman–Crippen MR) is 81.6 cm³/mol. The van der Waals surface area contributed by atoms with Crippen molar-refractivity contribution in [3.8, 4) is 0 Å². The van der Waals surface area contributed by atoms with Crippen molar-refractivity contribution < 1.29 is 9.59 Å². The van der Waals surface area contributed by atoms with Gasteiger partial charge in [0.2, 0.25) is 0 Å². The first-order chi connectivity index (χ1) is 9.97. The smallest absolute Gasteiger partial charge is 0.159 e. The first-order valence-corrected chi connectivity index (χ1v) is 8.70. The lowest BCUT2D eigenvalue weighted by atomic mass is 9.46. The van der Waals surface area contributed by atoms with Crippen molar-refractivity contribution in [2.75, 3.05) is 0 Å². The fourth-order valence-electron chi connectivity index (χ4n) is 6.53. The van der Waals surface area contributed by atoms with Crippen LogP contribution < -0.4 is 0 Å². The predicted octanol–water partition coefficient (Wildman–Crippen LogP) is 3.94. The molecule has 4 aliphatic rings. The van der Waals surface area contributed by atoms with E-state index in [2.05, 4.69) is 19.9 Å². The van der Waals surface area contributed by atoms with E-state index in [1.165, 1.54) is 0 Å². The molecule has 0 aromatic rings. The molecule has 0 aromatic carbocycles. The normalized spacial score (nSPS) is 52.3. The number of hydrogen-bond acceptors (Lipinski definition) is 2. The molecular weight excluding hydrogens is 260 g/mol. The van der Waals surface area contributed by atoms with E-state index >= 15 is 0 Å². The van der Waals surface area contributed by atoms with E-state index in [1.54, 1.807) is 0 Å². The van der Waals surface area contributed by atoms with Gasteiger partial charge in [-0.25, -0.2) is 0 Å². The molecule has 0 N–H and O–H groups in total. The van der Waals surface area contributed by atoms with Gasteiger partial charge in [0.25, 0.3) is 0 Å². The third kappa shape index (κ3) is 1.65. The number of Topliss-reactive ketones (excluding diaryl/α,β-unsaturated/α-hetero) is 1. The molecule has 0 aromatic heterocycles. The molecule has 2 heteroatoms. The van der Waals surface area contributed by atoms with Gasteiger partial charge in [0.1, 0.15) is 5.78 Å². The Labute approximate surface area is 127 Å². The van der Waals surface area contributed by atoms with Crippen molar-refractivity contribution in [2.24, 2.45) is 34.5 Å². The highest BCUT2D eigenvalue weighted by molar-refractivity contribution is 5.93. The Kier molecular flexibility index (Phi) is 2.81. The summed E-state index contributed by atoms with van der Waals surface area (Å²) in [4.78, 5) is 24.7. The van der Waals surface area contributed by atoms with Crippen molar-refractivity contribution in [1.82, 2.24) is 0 Å². The number of fused-ring (bicyclic) bond motifs is 5. The summed E-state index contributed by atoms with van der Waals surface area (Å²) in [6, 6.07) is 0. The lowest BCUT2D eigenvalue weighted by Gasteiger charge is -2.58. The molecule has 4 rings (SSSR count). The van der Waals surface area contributed by atoms with Crippen molar-refractivity contribution in [2.45, 2.75) is 58.8 Å². The van der Waals surface area contributed by atoms with Crippen molar-refractivity contribution in [3.05, 3.63) is 12.2 Å². The molecule has 0 radical (unpaired) electrons. The highest BCUT2D eigenvalue weighted by Gasteiger charge is 2.60. The summed E-state index contributed by atoms with van der Waals surface area (Å²) < 4.78 is 0. The maximum atomic E-state index is 12.4. The van der Waals surface area contributed by atoms with Gasteiger partial charge < -0.3 is 0 Å². The van der Waals surface area contributed by atoms with Gasteiger partial charge in [-0.3, -0.25) is 9.59 Å². The number of hydrogen-bond donors (Lipinski definition) is 0. The number of ketones is 2. The fourth-order valence-corrected chi connectivity index (χ4v) is 6.53. The molecule has 0 saturated heterocycles. The molecule has 0 spiro atoms. The van der Waals surface area contributed by atoms with Crippen LogP contribution in [-0.4, -0.2) is 11.6 Å². The van der Waals surface area contributed by atoms with Crippen LogP contribution in [0.15, 0.2) is 12.2 Å². The Morgan fingerprint density at radius 2 is 1.86 bits per heavy atom. The number of rotatable bonds is 0. The number of carbonyl (C=O) groups is 2. The highest BCUT2D eigenvalue weighted by atomic mass is 16.1. The van der Waals surface area contributed by atoms with Crippen LogP contribution >= 0.6 is 0 Å². The molecule has 3 fully saturated rings. The minimum absolute atomic E-state index is 0.0428. The Morgan fingerprint density at radius 3 is 2.67 bits per heavy atom. The van der Waals surface area contributed by atoms with Gasteiger partial charge >= 0.3 is 0 Å². The second-order valence-corrected chi connectivity index (χ2v) is 8.44. The van der Waals surface area contributed by atoms with Crippen LogP contribution in [0.2, 0.25) is 0 Å². The van der Waals surface area contributed by atoms with Crippen LogP contribution in [0.3, 0.4) is 0 Å². The number of carbonyl (C=O) groups excluding carboxylic acids is 2. The molecule has 0 heterocycles. The Hall–Kier alpha value is -0.920. The molecule has 3 saturated carbocycles. The standard InChI is InChI=1S/C19H26O2/c1-18-10-3-4-16(20)15(18)6-5-12-13-7-8-17(21)19(13,2)11-9-14(12)18/h3-4,12-15H,5-11H2,1-2H3/t12-,13-,14-,15-,18+,19-/m0/s1. The molecule has 0 aliphatic heterocycles. The quantitative estimate of drug-likeness (QED) is 0.676. The molecule has 114 valence electrons. The second kappa shape index (κ2) is 4.30. The molecule has 0 amide bonds. The Morgan fingerprint density at radius 1 is 1.05 bits per heavy atom. The van der Waals surface area contributed by atoms with Crippen LogP contribution in [0.5, 0.6) is 0 Å². The third-order valence-electron chi connectivity index (χ3n) is 7.76. The number of allylic oxidation sites excluding steroid dienone is 2. The summed E-state index contributed by atoms with van der Waals surface area (Å²) in [6.45, 7) is 4.58. The first-order valence-electron chi connectivity index (χ1n) is 8.70. The SMILES string of the molecule is C[C@]12CC=CC(=O)[C@@H]1CC[C@@H]1[C@@H]2CC[C@]2(C)C(=O)CC[C@@H]12. The van der Waals surface area contributed by atoms with Gasteiger partial charge in [-0.05, 0) is 67.8 Å². The lowest BCUT2D eigenvalue weighted by molar-refractivity contribution is -0.143. The fraction of sp³-hybridized carbons (Fsp3) is 0.789. The minimum Gasteiger partial charge on any atom is -0.299 e. The van der Waals surface area contributed by atoms with Crippen LogP contribution in [0.1, 0.15) is 58.8 Å². The van der Waals surface area contributed by atoms with E-state index in [-0.39, 0.29) is 16.7 Å². The summed E-state index contributed by atoms with van der Waals surface area (Å²) in [5, 5.41) is 0. The largest absolute Gasteiger partial charge is 0.299 e. The average Bonchev–Trinajstić information content (AvgIpc) is 2.75. The molecule has 4 aliphatic carbocycles. The zero-order chi connectivity index (χ0) is 14.8. The zero-order valence-electron chi connectivity index (χ0n) is 13.2. The van der Waals surface area contributed by atoms with E-state index < -0.39 is 0 Å². The van der Waals surface area contributed by atoms with Crippen LogP contribution in [0.25, 0.3) is 0 Å². The lowest BCUT2D eigenvalue weighted by Crippen LogP contribution is -2.54. The van der Waals surface area contributed by atoms with Gasteiger partial charge in [0.15, 0.2) is 5.78 Å². The first kappa shape index (κ1) is 13.7. The molecule has 0 unspecified atom stereocenters. The summed E-state index contributed by atoms with van der Waals surface area (Å²) >= 11 is 0. The topological polar surface area (TPSA) is 34.1 Å². The summed E-state index contributed by atoms with van der Waals surface area (Å²) in [6.07, 6.45) is 11.3. The maximum Gasteiger partial charge on any atom is 0.159 e. The van der Waals surface area contributed by atoms with E-state index in [9.17, 15) is 9.59 Å². The monoisotopic (exact) mass is 286 g/mol. The average molecular weight is 286 g/mol. The maximum absolute atomic E-state index is 12.4. The highest BCUT2D eigenvalue weighted by Crippen LogP contribution is 2.64. The van der Waals surface area contributed by atoms with Crippen molar-refractivity contribution in [1.29, 1.82) is 0 Å². The Bertz CT molecular complexity index is 534. The van der Waals surface area contributed by atoms with Gasteiger partial charge in [-0.15, -0.1) is 0 Å². The van der Waals surface area contributed by atoms with E-state index in [0.29, 0.717) is 29.3 Å². The second-order valence-electron chi connectivity index (χ2n) is 8.44. The summed E-state index contributed by atoms with van der Waals surface area (Å²) in [5.41, 5.74) is 0.112. The van der Waals surface area contributed by atoms with Gasteiger partial charge in [-0.2, -0.15) is 0 Å². The van der Waals surface area contributed by atoms with E-state index in [1.807, 2.05) is 6.08 Å². The van der Waals surface area contributed by atoms with Crippen molar-refractivity contribution >= 4 is 11.6 Å². The molecule has 2 nitrogen and oxygen atoms in total. The summed E-state index contributed by atoms with van der Waals surface area (Å²) in [5.74, 6) is 3.02. The molecule has 0 bridgehead atoms. The molecular formula is C19H26O2. The van der Waals surface area contributed by atoms with Crippen LogP contribution in [0, 0.1) is 34.5 Å². The van der Waals surface area contributed by atoms with Crippen molar-refractivity contribution in [3.63, 3.8) is 0 Å². The summed E-state index contributed by atoms with van der Waals surface area (Å²) in [7, 11) is 0. The van der Waals surface area contributed by atoms with Crippen LogP contribution in [0.4, 0.5) is 0 Å². The van der Waals surface area contributed by atoms with Gasteiger partial charge in [-0.1, -0.05) is 19.9 Å². The van der Waals surface area contributed by atoms with Gasteiger partial charge in [0.05, 0.1) is 0 Å². The van der Waals surface area contributed by atoms with E-state index in [4.69, 9.17) is 0 Å². The van der Waals surface area contributed by atoms with E-state index in [0.717, 1.165) is 44.9 Å². The molecule has 21 heavy (non-hydrogen) atoms. The zero-order valence-corrected chi connectivity index (χ0v) is 13.2. The van der Waals surface area contributed by atoms with Crippen LogP contribution in [-0.2, 0) is 9.59 Å². The van der Waals surface area contributed by atoms with Gasteiger partial charge in [0, 0.05) is 17.8 Å². The third-order valence-corrected chi connectivity index (χ3v) is 7.76. The molecule has 6 atom stereocenters. The minimum atomic E-state index is -0.0428.